The molecule has 164 valence electrons. The zero-order chi connectivity index (χ0) is 22.9. The van der Waals surface area contributed by atoms with E-state index < -0.39 is 20.8 Å². The van der Waals surface area contributed by atoms with Crippen molar-refractivity contribution in [2.24, 2.45) is 0 Å². The maximum atomic E-state index is 13.2. The lowest BCUT2D eigenvalue weighted by molar-refractivity contribution is 0.579. The van der Waals surface area contributed by atoms with Gasteiger partial charge in [0, 0.05) is 13.1 Å². The fourth-order valence-electron chi connectivity index (χ4n) is 3.88. The molecular weight excluding hydrogens is 442 g/mol. The van der Waals surface area contributed by atoms with Gasteiger partial charge in [0.25, 0.3) is 0 Å². The normalized spacial score (nSPS) is 15.0. The Morgan fingerprint density at radius 1 is 1.00 bits per heavy atom. The molecule has 1 atom stereocenters. The van der Waals surface area contributed by atoms with Gasteiger partial charge < -0.3 is 4.90 Å². The molecule has 0 aliphatic carbocycles. The molecule has 6 nitrogen and oxygen atoms in total. The van der Waals surface area contributed by atoms with E-state index in [0.717, 1.165) is 32.3 Å². The van der Waals surface area contributed by atoms with Crippen LogP contribution in [-0.4, -0.2) is 25.7 Å². The third kappa shape index (κ3) is 3.95. The van der Waals surface area contributed by atoms with Crippen LogP contribution in [0.15, 0.2) is 75.4 Å². The Bertz CT molecular complexity index is 1360. The van der Waals surface area contributed by atoms with Gasteiger partial charge in [-0.3, -0.25) is 0 Å². The van der Waals surface area contributed by atoms with E-state index in [9.17, 15) is 17.9 Å². The molecule has 32 heavy (non-hydrogen) atoms. The fourth-order valence-corrected chi connectivity index (χ4v) is 6.55. The van der Waals surface area contributed by atoms with E-state index in [-0.39, 0.29) is 17.0 Å². The summed E-state index contributed by atoms with van der Waals surface area (Å²) < 4.78 is 41.1. The van der Waals surface area contributed by atoms with E-state index in [4.69, 9.17) is 0 Å². The highest BCUT2D eigenvalue weighted by Crippen LogP contribution is 2.44. The quantitative estimate of drug-likeness (QED) is 0.552. The predicted molar refractivity (Wildman–Crippen MR) is 125 cm³/mol. The molecule has 8 heteroatoms. The number of anilines is 2. The van der Waals surface area contributed by atoms with Gasteiger partial charge in [-0.05, 0) is 61.7 Å². The van der Waals surface area contributed by atoms with Gasteiger partial charge in [0.2, 0.25) is 10.0 Å². The van der Waals surface area contributed by atoms with Crippen LogP contribution in [0.2, 0.25) is 0 Å². The van der Waals surface area contributed by atoms with Crippen molar-refractivity contribution in [3.63, 3.8) is 0 Å². The Labute approximate surface area is 191 Å². The number of nitrogens with zero attached hydrogens (tertiary/aromatic N) is 2. The lowest BCUT2D eigenvalue weighted by Gasteiger charge is -2.34. The Morgan fingerprint density at radius 3 is 2.50 bits per heavy atom. The number of hydrogen-bond acceptors (Lipinski definition) is 5. The molecule has 1 aliphatic rings. The molecule has 0 radical (unpaired) electrons. The highest BCUT2D eigenvalue weighted by molar-refractivity contribution is 7.89. The number of hydrogen-bond donors (Lipinski definition) is 1. The first-order valence-electron chi connectivity index (χ1n) is 10.2. The highest BCUT2D eigenvalue weighted by Gasteiger charge is 2.29. The molecule has 0 spiro atoms. The van der Waals surface area contributed by atoms with Gasteiger partial charge in [0.1, 0.15) is 6.07 Å². The van der Waals surface area contributed by atoms with Crippen LogP contribution in [-0.2, 0) is 20.8 Å². The third-order valence-electron chi connectivity index (χ3n) is 5.64. The highest BCUT2D eigenvalue weighted by atomic mass is 32.2. The smallest absolute Gasteiger partial charge is 0.241 e. The number of rotatable bonds is 6. The molecule has 0 bridgehead atoms. The van der Waals surface area contributed by atoms with Crippen molar-refractivity contribution in [2.75, 3.05) is 18.0 Å². The minimum Gasteiger partial charge on any atom is -0.339 e. The largest absolute Gasteiger partial charge is 0.339 e. The standard InChI is InChI=1S/C24H23N3O3S2/c1-17-12-13-22-24(18(17)2)27(20-9-4-5-10-21(20)31(22)28)15-7-14-26-32(29,30)23-11-6-3-8-19(23)16-25/h3-6,8-13,26H,7,14-15H2,1-2H3. The second-order valence-electron chi connectivity index (χ2n) is 7.60. The summed E-state index contributed by atoms with van der Waals surface area (Å²) in [5.74, 6) is 0. The SMILES string of the molecule is Cc1ccc2c(c1C)N(CCCNS(=O)(=O)c1ccccc1C#N)c1ccccc1S2=O. The average molecular weight is 466 g/mol. The number of nitrogens with one attached hydrogen (secondary N) is 1. The molecule has 0 fully saturated rings. The summed E-state index contributed by atoms with van der Waals surface area (Å²) in [6.45, 7) is 4.81. The topological polar surface area (TPSA) is 90.3 Å². The monoisotopic (exact) mass is 465 g/mol. The minimum absolute atomic E-state index is 0.0157. The number of aryl methyl sites for hydroxylation is 1. The van der Waals surface area contributed by atoms with E-state index in [1.54, 1.807) is 12.1 Å². The molecule has 3 aromatic rings. The number of nitriles is 1. The summed E-state index contributed by atoms with van der Waals surface area (Å²) in [6.07, 6.45) is 0.530. The molecule has 0 amide bonds. The maximum absolute atomic E-state index is 13.2. The maximum Gasteiger partial charge on any atom is 0.241 e. The summed E-state index contributed by atoms with van der Waals surface area (Å²) in [5, 5.41) is 9.21. The molecule has 0 aromatic heterocycles. The molecule has 0 saturated carbocycles. The molecule has 0 saturated heterocycles. The Balaban J connectivity index is 1.57. The van der Waals surface area contributed by atoms with E-state index in [0.29, 0.717) is 13.0 Å². The van der Waals surface area contributed by atoms with E-state index >= 15 is 0 Å². The molecule has 1 heterocycles. The number of para-hydroxylation sites is 1. The van der Waals surface area contributed by atoms with Crippen LogP contribution in [0, 0.1) is 25.2 Å². The Kier molecular flexibility index (Phi) is 6.15. The van der Waals surface area contributed by atoms with Crippen molar-refractivity contribution < 1.29 is 12.6 Å². The first kappa shape index (κ1) is 22.2. The molecule has 1 N–H and O–H groups in total. The van der Waals surface area contributed by atoms with Crippen molar-refractivity contribution in [1.82, 2.24) is 4.72 Å². The molecular formula is C24H23N3O3S2. The molecule has 1 unspecified atom stereocenters. The second kappa shape index (κ2) is 8.87. The van der Waals surface area contributed by atoms with Crippen molar-refractivity contribution >= 4 is 32.2 Å². The lowest BCUT2D eigenvalue weighted by Crippen LogP contribution is -2.31. The van der Waals surface area contributed by atoms with Gasteiger partial charge >= 0.3 is 0 Å². The van der Waals surface area contributed by atoms with Crippen molar-refractivity contribution in [2.45, 2.75) is 35.0 Å². The van der Waals surface area contributed by atoms with Gasteiger partial charge in [0.15, 0.2) is 0 Å². The van der Waals surface area contributed by atoms with Gasteiger partial charge in [-0.2, -0.15) is 5.26 Å². The predicted octanol–water partition coefficient (Wildman–Crippen LogP) is 4.16. The van der Waals surface area contributed by atoms with Crippen LogP contribution in [0.25, 0.3) is 0 Å². The lowest BCUT2D eigenvalue weighted by atomic mass is 10.1. The summed E-state index contributed by atoms with van der Waals surface area (Å²) in [7, 11) is -5.05. The molecule has 3 aromatic carbocycles. The Morgan fingerprint density at radius 2 is 1.72 bits per heavy atom. The van der Waals surface area contributed by atoms with Crippen LogP contribution in [0.5, 0.6) is 0 Å². The van der Waals surface area contributed by atoms with Crippen LogP contribution in [0.4, 0.5) is 11.4 Å². The van der Waals surface area contributed by atoms with Crippen molar-refractivity contribution in [3.8, 4) is 6.07 Å². The summed E-state index contributed by atoms with van der Waals surface area (Å²) in [5.41, 5.74) is 4.10. The number of sulfonamides is 1. The first-order valence-corrected chi connectivity index (χ1v) is 12.9. The number of benzene rings is 3. The van der Waals surface area contributed by atoms with Crippen LogP contribution >= 0.6 is 0 Å². The average Bonchev–Trinajstić information content (AvgIpc) is 2.80. The minimum atomic E-state index is -3.79. The third-order valence-corrected chi connectivity index (χ3v) is 8.63. The van der Waals surface area contributed by atoms with Gasteiger partial charge in [-0.15, -0.1) is 0 Å². The van der Waals surface area contributed by atoms with Gasteiger partial charge in [-0.25, -0.2) is 17.3 Å². The van der Waals surface area contributed by atoms with Gasteiger partial charge in [0.05, 0.1) is 42.4 Å². The van der Waals surface area contributed by atoms with Crippen molar-refractivity contribution in [1.29, 1.82) is 5.26 Å². The summed E-state index contributed by atoms with van der Waals surface area (Å²) in [6, 6.07) is 19.6. The second-order valence-corrected chi connectivity index (χ2v) is 10.8. The number of fused-ring (bicyclic) bond motifs is 2. The summed E-state index contributed by atoms with van der Waals surface area (Å²) in [4.78, 5) is 3.64. The van der Waals surface area contributed by atoms with Crippen molar-refractivity contribution in [3.05, 3.63) is 77.4 Å². The summed E-state index contributed by atoms with van der Waals surface area (Å²) >= 11 is 0. The zero-order valence-corrected chi connectivity index (χ0v) is 19.5. The van der Waals surface area contributed by atoms with E-state index in [2.05, 4.69) is 9.62 Å². The molecule has 1 aliphatic heterocycles. The first-order chi connectivity index (χ1) is 15.3. The van der Waals surface area contributed by atoms with E-state index in [1.807, 2.05) is 56.3 Å². The Hall–Kier alpha value is -2.99. The van der Waals surface area contributed by atoms with Crippen LogP contribution in [0.1, 0.15) is 23.1 Å². The zero-order valence-electron chi connectivity index (χ0n) is 17.8. The van der Waals surface area contributed by atoms with Crippen LogP contribution in [0.3, 0.4) is 0 Å². The fraction of sp³-hybridized carbons (Fsp3) is 0.208. The van der Waals surface area contributed by atoms with Crippen LogP contribution < -0.4 is 9.62 Å². The molecule has 4 rings (SSSR count). The van der Waals surface area contributed by atoms with E-state index in [1.165, 1.54) is 12.1 Å². The van der Waals surface area contributed by atoms with Gasteiger partial charge in [-0.1, -0.05) is 30.3 Å².